The molecule has 0 radical (unpaired) electrons. The molecule has 2 saturated heterocycles. The van der Waals surface area contributed by atoms with Crippen molar-refractivity contribution in [3.63, 3.8) is 0 Å². The summed E-state index contributed by atoms with van der Waals surface area (Å²) in [5.74, 6) is -4.59. The Morgan fingerprint density at radius 1 is 1.11 bits per heavy atom. The van der Waals surface area contributed by atoms with Crippen LogP contribution in [0, 0.1) is 30.1 Å². The second-order valence-electron chi connectivity index (χ2n) is 17.9. The van der Waals surface area contributed by atoms with Crippen LogP contribution in [0.4, 0.5) is 13.2 Å². The van der Waals surface area contributed by atoms with E-state index in [1.54, 1.807) is 64.5 Å². The molecule has 1 N–H and O–H groups in total. The van der Waals surface area contributed by atoms with Crippen molar-refractivity contribution in [1.82, 2.24) is 29.4 Å². The zero-order chi connectivity index (χ0) is 44.9. The van der Waals surface area contributed by atoms with Crippen molar-refractivity contribution < 1.29 is 50.6 Å². The standard InChI is InChI=1S/C44H53F3N6O8S/c1-7-27-22-43(27,41(57)53(62(58)59)29-10-11-29)50-39(55)34-19-30(61-36-21-33(26-9-8-16-48-23-26)49-38-25(2)35(60-6)13-12-31(36)38)24-52(34)40(56)32(42(3,4)5)20-37(54)51-17-14-28(15-18-51)44(45,46)47/h7-9,12-13,16,21,23,27-30,32,34H,1,10-11,14-15,17-20,22,24H2,2-6H3,(H,50,55)(H,58,59)/p-1/t27?,30-,32-,34+,43?/m1/s1. The van der Waals surface area contributed by atoms with Gasteiger partial charge in [-0.2, -0.15) is 13.2 Å². The third kappa shape index (κ3) is 9.03. The number of ether oxygens (including phenoxy) is 2. The summed E-state index contributed by atoms with van der Waals surface area (Å²) in [6, 6.07) is 7.23. The smallest absolute Gasteiger partial charge is 0.391 e. The summed E-state index contributed by atoms with van der Waals surface area (Å²) in [6.07, 6.45) is -0.108. The first-order valence-electron chi connectivity index (χ1n) is 20.8. The van der Waals surface area contributed by atoms with Crippen molar-refractivity contribution in [2.24, 2.45) is 23.2 Å². The van der Waals surface area contributed by atoms with E-state index in [4.69, 9.17) is 14.5 Å². The van der Waals surface area contributed by atoms with Crippen LogP contribution >= 0.6 is 0 Å². The highest BCUT2D eigenvalue weighted by Gasteiger charge is 2.63. The highest BCUT2D eigenvalue weighted by atomic mass is 32.2. The van der Waals surface area contributed by atoms with Crippen LogP contribution in [0.25, 0.3) is 22.2 Å². The minimum absolute atomic E-state index is 0.0443. The molecule has 7 rings (SSSR count). The summed E-state index contributed by atoms with van der Waals surface area (Å²) in [4.78, 5) is 69.2. The fourth-order valence-electron chi connectivity index (χ4n) is 8.82. The fourth-order valence-corrected chi connectivity index (χ4v) is 9.57. The minimum atomic E-state index is -4.37. The Hall–Kier alpha value is -5.10. The molecule has 4 fully saturated rings. The molecule has 14 nitrogen and oxygen atoms in total. The molecule has 6 atom stereocenters. The van der Waals surface area contributed by atoms with Gasteiger partial charge in [0.1, 0.15) is 29.2 Å². The number of hydrogen-bond donors (Lipinski definition) is 1. The maximum Gasteiger partial charge on any atom is 0.391 e. The molecule has 2 saturated carbocycles. The van der Waals surface area contributed by atoms with E-state index in [0.717, 1.165) is 9.87 Å². The number of likely N-dealkylation sites (tertiary alicyclic amines) is 2. The topological polar surface area (TPSA) is 174 Å². The molecule has 0 spiro atoms. The predicted octanol–water partition coefficient (Wildman–Crippen LogP) is 5.66. The highest BCUT2D eigenvalue weighted by molar-refractivity contribution is 7.77. The monoisotopic (exact) mass is 881 g/mol. The molecule has 4 amide bonds. The molecule has 2 aliphatic heterocycles. The van der Waals surface area contributed by atoms with E-state index in [2.05, 4.69) is 16.9 Å². The molecular weight excluding hydrogens is 830 g/mol. The number of aryl methyl sites for hydroxylation is 1. The van der Waals surface area contributed by atoms with Crippen LogP contribution in [-0.4, -0.2) is 113 Å². The molecule has 4 aliphatic rings. The number of carbonyl (C=O) groups is 4. The van der Waals surface area contributed by atoms with Crippen LogP contribution in [0.2, 0.25) is 0 Å². The maximum absolute atomic E-state index is 15.0. The average Bonchev–Trinajstić information content (AvgIpc) is 4.15. The number of fused-ring (bicyclic) bond motifs is 1. The number of piperidine rings is 1. The first kappa shape index (κ1) is 44.9. The largest absolute Gasteiger partial charge is 0.755 e. The number of aromatic nitrogens is 2. The molecule has 3 unspecified atom stereocenters. The number of nitrogens with zero attached hydrogens (tertiary/aromatic N) is 5. The molecular formula is C44H52F3N6O8S-. The Morgan fingerprint density at radius 3 is 2.39 bits per heavy atom. The lowest BCUT2D eigenvalue weighted by Gasteiger charge is -2.38. The van der Waals surface area contributed by atoms with Gasteiger partial charge in [0.25, 0.3) is 5.91 Å². The number of pyridine rings is 2. The zero-order valence-electron chi connectivity index (χ0n) is 35.4. The van der Waals surface area contributed by atoms with Crippen LogP contribution in [0.3, 0.4) is 0 Å². The van der Waals surface area contributed by atoms with Gasteiger partial charge in [-0.05, 0) is 68.7 Å². The van der Waals surface area contributed by atoms with Crippen molar-refractivity contribution >= 4 is 45.8 Å². The normalized spacial score (nSPS) is 24.0. The molecule has 2 aromatic heterocycles. The minimum Gasteiger partial charge on any atom is -0.755 e. The summed E-state index contributed by atoms with van der Waals surface area (Å²) in [6.45, 7) is 10.7. The van der Waals surface area contributed by atoms with E-state index >= 15 is 0 Å². The number of benzene rings is 1. The Balaban J connectivity index is 1.22. The molecule has 18 heteroatoms. The fraction of sp³-hybridized carbons (Fsp3) is 0.545. The van der Waals surface area contributed by atoms with Gasteiger partial charge < -0.3 is 29.1 Å². The van der Waals surface area contributed by atoms with E-state index in [-0.39, 0.29) is 51.7 Å². The average molecular weight is 882 g/mol. The van der Waals surface area contributed by atoms with Crippen molar-refractivity contribution in [1.29, 1.82) is 0 Å². The lowest BCUT2D eigenvalue weighted by molar-refractivity contribution is -0.186. The number of methoxy groups -OCH3 is 1. The summed E-state index contributed by atoms with van der Waals surface area (Å²) in [5, 5.41) is 3.48. The summed E-state index contributed by atoms with van der Waals surface area (Å²) < 4.78 is 78.0. The first-order chi connectivity index (χ1) is 29.3. The summed E-state index contributed by atoms with van der Waals surface area (Å²) in [5.41, 5.74) is 0.135. The third-order valence-corrected chi connectivity index (χ3v) is 13.6. The number of hydrogen-bond acceptors (Lipinski definition) is 10. The maximum atomic E-state index is 15.0. The molecule has 1 aromatic carbocycles. The van der Waals surface area contributed by atoms with Crippen molar-refractivity contribution in [3.8, 4) is 22.8 Å². The van der Waals surface area contributed by atoms with Crippen molar-refractivity contribution in [2.75, 3.05) is 26.7 Å². The molecule has 2 aliphatic carbocycles. The number of carbonyl (C=O) groups excluding carboxylic acids is 4. The lowest BCUT2D eigenvalue weighted by atomic mass is 9.77. The second-order valence-corrected chi connectivity index (χ2v) is 18.8. The molecule has 3 aromatic rings. The predicted molar refractivity (Wildman–Crippen MR) is 222 cm³/mol. The second kappa shape index (κ2) is 17.2. The van der Waals surface area contributed by atoms with Gasteiger partial charge in [-0.15, -0.1) is 6.58 Å². The molecule has 62 heavy (non-hydrogen) atoms. The number of halogens is 3. The van der Waals surface area contributed by atoms with E-state index in [1.807, 2.05) is 13.0 Å². The molecule has 0 bridgehead atoms. The summed E-state index contributed by atoms with van der Waals surface area (Å²) >= 11 is -2.89. The van der Waals surface area contributed by atoms with Crippen molar-refractivity contribution in [2.45, 2.75) is 103 Å². The van der Waals surface area contributed by atoms with Crippen molar-refractivity contribution in [3.05, 3.63) is 60.9 Å². The molecule has 334 valence electrons. The highest BCUT2D eigenvalue weighted by Crippen LogP contribution is 2.48. The van der Waals surface area contributed by atoms with Crippen LogP contribution in [0.1, 0.15) is 71.3 Å². The van der Waals surface area contributed by atoms with E-state index in [0.29, 0.717) is 46.5 Å². The van der Waals surface area contributed by atoms with Gasteiger partial charge in [-0.3, -0.25) is 32.7 Å². The SMILES string of the molecule is C=CC1CC1(NC(=O)[C@@H]1C[C@@H](Oc2cc(-c3cccnc3)nc3c(C)c(OC)ccc23)CN1C(=O)[C@@H](CC(=O)N1CCC(C(F)(F)F)CC1)C(C)(C)C)C(=O)N(C1CC1)S(=O)[O-]. The number of rotatable bonds is 13. The lowest BCUT2D eigenvalue weighted by Crippen LogP contribution is -2.57. The number of amides is 4. The van der Waals surface area contributed by atoms with Crippen LogP contribution < -0.4 is 14.8 Å². The number of alkyl halides is 3. The quantitative estimate of drug-likeness (QED) is 0.167. The van der Waals surface area contributed by atoms with E-state index in [1.165, 1.54) is 15.9 Å². The first-order valence-corrected chi connectivity index (χ1v) is 21.9. The van der Waals surface area contributed by atoms with Gasteiger partial charge in [-0.1, -0.05) is 26.8 Å². The van der Waals surface area contributed by atoms with Gasteiger partial charge >= 0.3 is 6.18 Å². The van der Waals surface area contributed by atoms with Gasteiger partial charge in [0.15, 0.2) is 0 Å². The van der Waals surface area contributed by atoms with E-state index < -0.39 is 88.0 Å². The van der Waals surface area contributed by atoms with Gasteiger partial charge in [0.2, 0.25) is 17.7 Å². The third-order valence-electron chi connectivity index (χ3n) is 12.8. The Bertz CT molecular complexity index is 2260. The van der Waals surface area contributed by atoms with Crippen LogP contribution in [-0.2, 0) is 30.4 Å². The Labute approximate surface area is 361 Å². The molecule has 4 heterocycles. The Morgan fingerprint density at radius 2 is 1.82 bits per heavy atom. The van der Waals surface area contributed by atoms with Gasteiger partial charge in [0, 0.05) is 72.9 Å². The van der Waals surface area contributed by atoms with Gasteiger partial charge in [-0.25, -0.2) is 4.98 Å². The van der Waals surface area contributed by atoms with E-state index in [9.17, 15) is 41.1 Å². The summed E-state index contributed by atoms with van der Waals surface area (Å²) in [7, 11) is 1.56. The number of nitrogens with one attached hydrogen (secondary N) is 1. The van der Waals surface area contributed by atoms with Gasteiger partial charge in [0.05, 0.1) is 48.0 Å². The Kier molecular flexibility index (Phi) is 12.5. The van der Waals surface area contributed by atoms with Crippen LogP contribution in [0.15, 0.2) is 55.4 Å². The zero-order valence-corrected chi connectivity index (χ0v) is 36.2. The van der Waals surface area contributed by atoms with Crippen LogP contribution in [0.5, 0.6) is 11.5 Å².